The van der Waals surface area contributed by atoms with Gasteiger partial charge in [0.15, 0.2) is 0 Å². The van der Waals surface area contributed by atoms with E-state index in [1.54, 1.807) is 0 Å². The lowest BCUT2D eigenvalue weighted by Crippen LogP contribution is -2.28. The maximum absolute atomic E-state index is 12.6. The number of hydrogen-bond donors (Lipinski definition) is 0. The highest BCUT2D eigenvalue weighted by Crippen LogP contribution is 2.48. The van der Waals surface area contributed by atoms with Gasteiger partial charge in [-0.25, -0.2) is 0 Å². The number of carbonyl (C=O) groups is 1. The lowest BCUT2D eigenvalue weighted by Gasteiger charge is -2.17. The highest BCUT2D eigenvalue weighted by atomic mass is 35.5. The molecule has 1 aliphatic rings. The molecule has 4 nitrogen and oxygen atoms in total. The Balaban J connectivity index is 1.63. The van der Waals surface area contributed by atoms with Crippen LogP contribution in [0.1, 0.15) is 29.2 Å². The molecule has 0 saturated heterocycles. The number of nitrogens with zero attached hydrogens (tertiary/aromatic N) is 3. The van der Waals surface area contributed by atoms with E-state index < -0.39 is 0 Å². The lowest BCUT2D eigenvalue weighted by molar-refractivity contribution is -0.131. The van der Waals surface area contributed by atoms with E-state index in [2.05, 4.69) is 5.10 Å². The Bertz CT molecular complexity index is 692. The van der Waals surface area contributed by atoms with Gasteiger partial charge >= 0.3 is 0 Å². The predicted octanol–water partition coefficient (Wildman–Crippen LogP) is 3.14. The maximum atomic E-state index is 12.6. The summed E-state index contributed by atoms with van der Waals surface area (Å²) in [5.41, 5.74) is 3.40. The SMILES string of the molecule is Cc1c(CN(C)C(=O)C2CC2c2ccc(Cl)cc2)cnn1C. The van der Waals surface area contributed by atoms with Gasteiger partial charge in [0.1, 0.15) is 0 Å². The Morgan fingerprint density at radius 3 is 2.68 bits per heavy atom. The highest BCUT2D eigenvalue weighted by molar-refractivity contribution is 6.30. The summed E-state index contributed by atoms with van der Waals surface area (Å²) in [6.07, 6.45) is 2.76. The number of halogens is 1. The van der Waals surface area contributed by atoms with Crippen LogP contribution in [-0.2, 0) is 18.4 Å². The number of aryl methyl sites for hydroxylation is 1. The minimum absolute atomic E-state index is 0.100. The largest absolute Gasteiger partial charge is 0.341 e. The summed E-state index contributed by atoms with van der Waals surface area (Å²) in [6, 6.07) is 7.82. The Morgan fingerprint density at radius 2 is 2.09 bits per heavy atom. The Morgan fingerprint density at radius 1 is 1.41 bits per heavy atom. The predicted molar refractivity (Wildman–Crippen MR) is 86.7 cm³/mol. The van der Waals surface area contributed by atoms with E-state index in [0.29, 0.717) is 12.5 Å². The van der Waals surface area contributed by atoms with E-state index in [-0.39, 0.29) is 11.8 Å². The second-order valence-electron chi connectivity index (χ2n) is 6.07. The summed E-state index contributed by atoms with van der Waals surface area (Å²) in [7, 11) is 3.78. The number of hydrogen-bond acceptors (Lipinski definition) is 2. The summed E-state index contributed by atoms with van der Waals surface area (Å²) >= 11 is 5.91. The molecule has 2 atom stereocenters. The van der Waals surface area contributed by atoms with E-state index in [0.717, 1.165) is 22.7 Å². The molecule has 3 rings (SSSR count). The Kier molecular flexibility index (Phi) is 3.96. The smallest absolute Gasteiger partial charge is 0.226 e. The Hall–Kier alpha value is -1.81. The average Bonchev–Trinajstić information content (AvgIpc) is 3.24. The molecule has 2 aromatic rings. The fourth-order valence-corrected chi connectivity index (χ4v) is 2.99. The molecule has 2 unspecified atom stereocenters. The van der Waals surface area contributed by atoms with Crippen LogP contribution in [0, 0.1) is 12.8 Å². The maximum Gasteiger partial charge on any atom is 0.226 e. The van der Waals surface area contributed by atoms with Crippen molar-refractivity contribution in [3.05, 3.63) is 52.3 Å². The van der Waals surface area contributed by atoms with Crippen LogP contribution in [0.15, 0.2) is 30.5 Å². The van der Waals surface area contributed by atoms with Crippen molar-refractivity contribution in [2.45, 2.75) is 25.8 Å². The summed E-state index contributed by atoms with van der Waals surface area (Å²) in [6.45, 7) is 2.64. The van der Waals surface area contributed by atoms with Crippen LogP contribution in [0.25, 0.3) is 0 Å². The third kappa shape index (κ3) is 2.88. The van der Waals surface area contributed by atoms with Crippen molar-refractivity contribution in [2.75, 3.05) is 7.05 Å². The molecule has 22 heavy (non-hydrogen) atoms. The molecule has 1 saturated carbocycles. The van der Waals surface area contributed by atoms with Gasteiger partial charge in [0.2, 0.25) is 5.91 Å². The number of carbonyl (C=O) groups excluding carboxylic acids is 1. The van der Waals surface area contributed by atoms with E-state index in [1.807, 2.05) is 61.1 Å². The van der Waals surface area contributed by atoms with Crippen molar-refractivity contribution in [1.29, 1.82) is 0 Å². The first kappa shape index (κ1) is 15.1. The van der Waals surface area contributed by atoms with E-state index in [9.17, 15) is 4.79 Å². The molecular weight excluding hydrogens is 298 g/mol. The number of rotatable bonds is 4. The molecule has 5 heteroatoms. The van der Waals surface area contributed by atoms with Crippen LogP contribution in [0.2, 0.25) is 5.02 Å². The number of amides is 1. The van der Waals surface area contributed by atoms with Crippen LogP contribution in [0.4, 0.5) is 0 Å². The molecule has 1 aromatic carbocycles. The fraction of sp³-hybridized carbons (Fsp3) is 0.412. The number of aromatic nitrogens is 2. The fourth-order valence-electron chi connectivity index (χ4n) is 2.86. The minimum Gasteiger partial charge on any atom is -0.341 e. The van der Waals surface area contributed by atoms with Gasteiger partial charge in [-0.2, -0.15) is 5.10 Å². The summed E-state index contributed by atoms with van der Waals surface area (Å²) < 4.78 is 1.83. The molecule has 0 aliphatic heterocycles. The van der Waals surface area contributed by atoms with Crippen molar-refractivity contribution in [3.63, 3.8) is 0 Å². The van der Waals surface area contributed by atoms with Crippen molar-refractivity contribution in [1.82, 2.24) is 14.7 Å². The molecule has 0 N–H and O–H groups in total. The molecule has 0 radical (unpaired) electrons. The molecule has 116 valence electrons. The molecule has 1 amide bonds. The molecule has 1 aliphatic carbocycles. The summed E-state index contributed by atoms with van der Waals surface area (Å²) in [5.74, 6) is 0.647. The highest BCUT2D eigenvalue weighted by Gasteiger charge is 2.45. The standard InChI is InChI=1S/C17H20ClN3O/c1-11-13(9-19-21(11)3)10-20(2)17(22)16-8-15(16)12-4-6-14(18)7-5-12/h4-7,9,15-16H,8,10H2,1-3H3. The van der Waals surface area contributed by atoms with Crippen LogP contribution < -0.4 is 0 Å². The third-order valence-electron chi connectivity index (χ3n) is 4.53. The number of benzene rings is 1. The lowest BCUT2D eigenvalue weighted by atomic mass is 10.1. The van der Waals surface area contributed by atoms with Crippen LogP contribution in [-0.4, -0.2) is 27.6 Å². The molecule has 0 spiro atoms. The van der Waals surface area contributed by atoms with Gasteiger partial charge < -0.3 is 4.90 Å². The second-order valence-corrected chi connectivity index (χ2v) is 6.51. The first-order valence-corrected chi connectivity index (χ1v) is 7.83. The topological polar surface area (TPSA) is 38.1 Å². The molecule has 1 heterocycles. The molecule has 0 bridgehead atoms. The zero-order valence-corrected chi connectivity index (χ0v) is 13.8. The molecular formula is C17H20ClN3O. The van der Waals surface area contributed by atoms with E-state index >= 15 is 0 Å². The molecule has 1 aromatic heterocycles. The van der Waals surface area contributed by atoms with Crippen LogP contribution in [0.5, 0.6) is 0 Å². The van der Waals surface area contributed by atoms with E-state index in [4.69, 9.17) is 11.6 Å². The zero-order valence-electron chi connectivity index (χ0n) is 13.1. The van der Waals surface area contributed by atoms with Gasteiger partial charge in [-0.05, 0) is 37.0 Å². The van der Waals surface area contributed by atoms with Crippen molar-refractivity contribution < 1.29 is 4.79 Å². The van der Waals surface area contributed by atoms with Crippen molar-refractivity contribution >= 4 is 17.5 Å². The van der Waals surface area contributed by atoms with Crippen LogP contribution >= 0.6 is 11.6 Å². The van der Waals surface area contributed by atoms with Crippen LogP contribution in [0.3, 0.4) is 0 Å². The average molecular weight is 318 g/mol. The normalized spacial score (nSPS) is 20.0. The quantitative estimate of drug-likeness (QED) is 0.869. The van der Waals surface area contributed by atoms with Gasteiger partial charge in [0.25, 0.3) is 0 Å². The van der Waals surface area contributed by atoms with E-state index in [1.165, 1.54) is 5.56 Å². The van der Waals surface area contributed by atoms with Gasteiger partial charge in [-0.3, -0.25) is 9.48 Å². The second kappa shape index (κ2) is 5.76. The van der Waals surface area contributed by atoms with Crippen molar-refractivity contribution in [3.8, 4) is 0 Å². The monoisotopic (exact) mass is 317 g/mol. The van der Waals surface area contributed by atoms with Gasteiger partial charge in [0.05, 0.1) is 6.20 Å². The summed E-state index contributed by atoms with van der Waals surface area (Å²) in [5, 5.41) is 4.96. The van der Waals surface area contributed by atoms with Gasteiger partial charge in [-0.1, -0.05) is 23.7 Å². The Labute approximate surface area is 135 Å². The van der Waals surface area contributed by atoms with Gasteiger partial charge in [0, 0.05) is 42.8 Å². The zero-order chi connectivity index (χ0) is 15.9. The van der Waals surface area contributed by atoms with Crippen molar-refractivity contribution in [2.24, 2.45) is 13.0 Å². The first-order valence-electron chi connectivity index (χ1n) is 7.45. The third-order valence-corrected chi connectivity index (χ3v) is 4.78. The minimum atomic E-state index is 0.100. The van der Waals surface area contributed by atoms with Gasteiger partial charge in [-0.15, -0.1) is 0 Å². The first-order chi connectivity index (χ1) is 10.5. The molecule has 1 fully saturated rings. The summed E-state index contributed by atoms with van der Waals surface area (Å²) in [4.78, 5) is 14.4.